The lowest BCUT2D eigenvalue weighted by Gasteiger charge is -2.27. The van der Waals surface area contributed by atoms with Crippen LogP contribution in [0.4, 0.5) is 4.39 Å². The van der Waals surface area contributed by atoms with E-state index in [0.29, 0.717) is 0 Å². The normalized spacial score (nSPS) is 13.8. The van der Waals surface area contributed by atoms with Gasteiger partial charge in [-0.15, -0.1) is 0 Å². The van der Waals surface area contributed by atoms with E-state index in [1.165, 1.54) is 12.1 Å². The van der Waals surface area contributed by atoms with Gasteiger partial charge < -0.3 is 0 Å². The van der Waals surface area contributed by atoms with E-state index in [4.69, 9.17) is 9.97 Å². The van der Waals surface area contributed by atoms with Crippen LogP contribution in [0.3, 0.4) is 0 Å². The molecule has 30 heavy (non-hydrogen) atoms. The fourth-order valence-corrected chi connectivity index (χ4v) is 3.72. The second kappa shape index (κ2) is 8.08. The van der Waals surface area contributed by atoms with Crippen molar-refractivity contribution in [2.75, 3.05) is 6.54 Å². The first kappa shape index (κ1) is 18.5. The minimum atomic E-state index is -0.240. The lowest BCUT2D eigenvalue weighted by molar-refractivity contribution is 0.240. The van der Waals surface area contributed by atoms with E-state index in [9.17, 15) is 4.39 Å². The molecule has 0 aliphatic carbocycles. The van der Waals surface area contributed by atoms with E-state index in [1.54, 1.807) is 24.5 Å². The smallest absolute Gasteiger partial charge is 0.160 e. The van der Waals surface area contributed by atoms with Crippen LogP contribution in [0.15, 0.2) is 73.2 Å². The molecule has 0 radical (unpaired) electrons. The summed E-state index contributed by atoms with van der Waals surface area (Å²) in [6, 6.07) is 16.3. The molecule has 0 atom stereocenters. The summed E-state index contributed by atoms with van der Waals surface area (Å²) < 4.78 is 13.2. The summed E-state index contributed by atoms with van der Waals surface area (Å²) >= 11 is 0. The Hall–Kier alpha value is -3.51. The second-order valence-corrected chi connectivity index (χ2v) is 7.39. The van der Waals surface area contributed by atoms with Crippen molar-refractivity contribution in [3.63, 3.8) is 0 Å². The van der Waals surface area contributed by atoms with Gasteiger partial charge in [0.25, 0.3) is 0 Å². The molecule has 5 rings (SSSR count). The first-order valence-corrected chi connectivity index (χ1v) is 9.94. The van der Waals surface area contributed by atoms with E-state index >= 15 is 0 Å². The molecule has 0 bridgehead atoms. The summed E-state index contributed by atoms with van der Waals surface area (Å²) in [5.41, 5.74) is 5.96. The molecule has 3 aromatic heterocycles. The summed E-state index contributed by atoms with van der Waals surface area (Å²) in [5.74, 6) is 0.486. The number of nitrogens with zero attached hydrogens (tertiary/aromatic N) is 5. The fourth-order valence-electron chi connectivity index (χ4n) is 3.72. The zero-order chi connectivity index (χ0) is 20.3. The first-order valence-electron chi connectivity index (χ1n) is 9.94. The topological polar surface area (TPSA) is 54.8 Å². The van der Waals surface area contributed by atoms with Crippen LogP contribution in [0.1, 0.15) is 17.0 Å². The highest BCUT2D eigenvalue weighted by Crippen LogP contribution is 2.23. The zero-order valence-corrected chi connectivity index (χ0v) is 16.4. The third kappa shape index (κ3) is 3.95. The van der Waals surface area contributed by atoms with Gasteiger partial charge in [0.15, 0.2) is 5.82 Å². The maximum Gasteiger partial charge on any atom is 0.160 e. The molecule has 0 amide bonds. The second-order valence-electron chi connectivity index (χ2n) is 7.39. The van der Waals surface area contributed by atoms with Gasteiger partial charge in [0.2, 0.25) is 0 Å². The Morgan fingerprint density at radius 3 is 2.63 bits per heavy atom. The van der Waals surface area contributed by atoms with Crippen molar-refractivity contribution in [1.82, 2.24) is 24.8 Å². The van der Waals surface area contributed by atoms with Crippen LogP contribution in [0.2, 0.25) is 0 Å². The largest absolute Gasteiger partial charge is 0.293 e. The molecule has 0 saturated heterocycles. The summed E-state index contributed by atoms with van der Waals surface area (Å²) in [4.78, 5) is 20.6. The van der Waals surface area contributed by atoms with E-state index in [1.807, 2.05) is 36.5 Å². The fraction of sp³-hybridized carbons (Fsp3) is 0.167. The van der Waals surface area contributed by atoms with Gasteiger partial charge in [-0.1, -0.05) is 6.07 Å². The van der Waals surface area contributed by atoms with E-state index < -0.39 is 0 Å². The third-order valence-electron chi connectivity index (χ3n) is 5.27. The minimum absolute atomic E-state index is 0.240. The van der Waals surface area contributed by atoms with Crippen molar-refractivity contribution >= 4 is 0 Å². The number of halogens is 1. The molecule has 6 heteroatoms. The molecule has 0 saturated carbocycles. The molecule has 5 nitrogen and oxygen atoms in total. The Balaban J connectivity index is 1.31. The summed E-state index contributed by atoms with van der Waals surface area (Å²) in [5, 5.41) is 0. The van der Waals surface area contributed by atoms with Gasteiger partial charge in [0.05, 0.1) is 17.1 Å². The van der Waals surface area contributed by atoms with Gasteiger partial charge in [-0.25, -0.2) is 14.4 Å². The molecule has 0 N–H and O–H groups in total. The molecular formula is C24H20FN5. The highest BCUT2D eigenvalue weighted by molar-refractivity contribution is 5.59. The number of hydrogen-bond acceptors (Lipinski definition) is 5. The number of fused-ring (bicyclic) bond motifs is 1. The highest BCUT2D eigenvalue weighted by atomic mass is 19.1. The molecule has 0 fully saturated rings. The van der Waals surface area contributed by atoms with Crippen molar-refractivity contribution in [2.45, 2.75) is 19.5 Å². The number of rotatable bonds is 4. The maximum atomic E-state index is 13.2. The molecule has 4 heterocycles. The monoisotopic (exact) mass is 397 g/mol. The van der Waals surface area contributed by atoms with Crippen molar-refractivity contribution in [2.24, 2.45) is 0 Å². The Kier molecular flexibility index (Phi) is 4.99. The van der Waals surface area contributed by atoms with Gasteiger partial charge in [-0.2, -0.15) is 0 Å². The summed E-state index contributed by atoms with van der Waals surface area (Å²) in [6.07, 6.45) is 6.34. The maximum absolute atomic E-state index is 13.2. The summed E-state index contributed by atoms with van der Waals surface area (Å²) in [7, 11) is 0. The zero-order valence-electron chi connectivity index (χ0n) is 16.4. The lowest BCUT2D eigenvalue weighted by Crippen LogP contribution is -2.31. The van der Waals surface area contributed by atoms with Crippen molar-refractivity contribution in [1.29, 1.82) is 0 Å². The highest BCUT2D eigenvalue weighted by Gasteiger charge is 2.19. The van der Waals surface area contributed by atoms with Gasteiger partial charge in [-0.05, 0) is 48.5 Å². The average Bonchev–Trinajstić information content (AvgIpc) is 2.80. The number of hydrogen-bond donors (Lipinski definition) is 0. The van der Waals surface area contributed by atoms with Crippen LogP contribution >= 0.6 is 0 Å². The van der Waals surface area contributed by atoms with Gasteiger partial charge >= 0.3 is 0 Å². The molecular weight excluding hydrogens is 377 g/mol. The van der Waals surface area contributed by atoms with Crippen LogP contribution in [0.5, 0.6) is 0 Å². The van der Waals surface area contributed by atoms with E-state index in [2.05, 4.69) is 14.9 Å². The molecule has 1 aromatic carbocycles. The minimum Gasteiger partial charge on any atom is -0.293 e. The van der Waals surface area contributed by atoms with Crippen LogP contribution in [-0.4, -0.2) is 31.4 Å². The molecule has 1 aliphatic rings. The van der Waals surface area contributed by atoms with Gasteiger partial charge in [0, 0.05) is 61.3 Å². The Morgan fingerprint density at radius 1 is 0.900 bits per heavy atom. The molecule has 4 aromatic rings. The van der Waals surface area contributed by atoms with E-state index in [0.717, 1.165) is 65.7 Å². The Labute approximate surface area is 174 Å². The number of pyridine rings is 2. The predicted molar refractivity (Wildman–Crippen MR) is 113 cm³/mol. The third-order valence-corrected chi connectivity index (χ3v) is 5.27. The Bertz CT molecular complexity index is 1160. The Morgan fingerprint density at radius 2 is 1.80 bits per heavy atom. The van der Waals surface area contributed by atoms with Gasteiger partial charge in [0.1, 0.15) is 5.82 Å². The predicted octanol–water partition coefficient (Wildman–Crippen LogP) is 4.30. The van der Waals surface area contributed by atoms with Crippen molar-refractivity contribution in [3.05, 3.63) is 96.0 Å². The van der Waals surface area contributed by atoms with Crippen molar-refractivity contribution in [3.8, 4) is 22.6 Å². The summed E-state index contributed by atoms with van der Waals surface area (Å²) in [6.45, 7) is 2.46. The first-order chi connectivity index (χ1) is 14.7. The molecule has 0 spiro atoms. The van der Waals surface area contributed by atoms with Crippen molar-refractivity contribution < 1.29 is 4.39 Å². The molecule has 148 valence electrons. The van der Waals surface area contributed by atoms with Crippen LogP contribution in [0, 0.1) is 5.82 Å². The standard InChI is InChI=1S/C24H20FN5/c25-20-8-6-17(7-9-20)22-5-1-4-21(28-22)16-30-12-10-23-19(15-30)14-27-24(29-23)18-3-2-11-26-13-18/h1-9,11,13-14H,10,12,15-16H2. The average molecular weight is 397 g/mol. The number of aromatic nitrogens is 4. The van der Waals surface area contributed by atoms with E-state index in [-0.39, 0.29) is 5.82 Å². The molecule has 1 aliphatic heterocycles. The van der Waals surface area contributed by atoms with Crippen LogP contribution in [-0.2, 0) is 19.5 Å². The molecule has 0 unspecified atom stereocenters. The number of benzene rings is 1. The van der Waals surface area contributed by atoms with Crippen LogP contribution < -0.4 is 0 Å². The quantitative estimate of drug-likeness (QED) is 0.514. The van der Waals surface area contributed by atoms with Gasteiger partial charge in [-0.3, -0.25) is 14.9 Å². The SMILES string of the molecule is Fc1ccc(-c2cccc(CN3CCc4nc(-c5cccnc5)ncc4C3)n2)cc1. The lowest BCUT2D eigenvalue weighted by atomic mass is 10.1. The van der Waals surface area contributed by atoms with Crippen LogP contribution in [0.25, 0.3) is 22.6 Å².